The van der Waals surface area contributed by atoms with Crippen LogP contribution < -0.4 is 5.32 Å². The highest BCUT2D eigenvalue weighted by atomic mass is 35.5. The van der Waals surface area contributed by atoms with E-state index in [-0.39, 0.29) is 30.9 Å². The van der Waals surface area contributed by atoms with Gasteiger partial charge in [0.1, 0.15) is 15.7 Å². The number of anilines is 2. The van der Waals surface area contributed by atoms with Gasteiger partial charge in [-0.2, -0.15) is 13.2 Å². The molecule has 5 nitrogen and oxygen atoms in total. The van der Waals surface area contributed by atoms with Gasteiger partial charge in [0.2, 0.25) is 0 Å². The zero-order valence-corrected chi connectivity index (χ0v) is 21.3. The van der Waals surface area contributed by atoms with Gasteiger partial charge in [0, 0.05) is 44.4 Å². The zero-order chi connectivity index (χ0) is 22.2. The quantitative estimate of drug-likeness (QED) is 0.449. The number of fused-ring (bicyclic) bond motifs is 2. The molecule has 2 aromatic rings. The first-order valence-corrected chi connectivity index (χ1v) is 11.3. The number of alkyl halides is 3. The number of nitrogens with one attached hydrogen (secondary N) is 1. The van der Waals surface area contributed by atoms with E-state index in [1.165, 1.54) is 6.07 Å². The third kappa shape index (κ3) is 6.26. The van der Waals surface area contributed by atoms with E-state index in [1.54, 1.807) is 25.3 Å². The molecule has 33 heavy (non-hydrogen) atoms. The Morgan fingerprint density at radius 1 is 1.24 bits per heavy atom. The molecular weight excluding hydrogens is 520 g/mol. The fourth-order valence-electron chi connectivity index (χ4n) is 3.94. The second-order valence-electron chi connectivity index (χ2n) is 7.79. The van der Waals surface area contributed by atoms with Crippen molar-refractivity contribution < 1.29 is 17.9 Å². The van der Waals surface area contributed by atoms with E-state index in [2.05, 4.69) is 22.2 Å². The van der Waals surface area contributed by atoms with Crippen LogP contribution in [0.25, 0.3) is 0 Å². The molecule has 0 aliphatic carbocycles. The van der Waals surface area contributed by atoms with Crippen LogP contribution in [-0.4, -0.2) is 62.1 Å². The van der Waals surface area contributed by atoms with Crippen molar-refractivity contribution in [2.24, 2.45) is 4.99 Å². The van der Waals surface area contributed by atoms with E-state index in [1.807, 2.05) is 0 Å². The van der Waals surface area contributed by atoms with Gasteiger partial charge in [-0.05, 0) is 44.2 Å². The fraction of sp³-hybridized carbons (Fsp3) is 0.476. The van der Waals surface area contributed by atoms with E-state index in [4.69, 9.17) is 21.3 Å². The number of ether oxygens (including phenoxy) is 1. The molecular formula is C21H26Cl3F3N4OS. The van der Waals surface area contributed by atoms with Crippen molar-refractivity contribution in [2.75, 3.05) is 45.7 Å². The highest BCUT2D eigenvalue weighted by molar-refractivity contribution is 7.16. The van der Waals surface area contributed by atoms with Crippen molar-refractivity contribution in [3.8, 4) is 0 Å². The van der Waals surface area contributed by atoms with Crippen LogP contribution in [0.4, 0.5) is 29.5 Å². The molecule has 1 fully saturated rings. The Labute approximate surface area is 212 Å². The summed E-state index contributed by atoms with van der Waals surface area (Å²) in [4.78, 5) is 8.56. The lowest BCUT2D eigenvalue weighted by molar-refractivity contribution is -0.134. The lowest BCUT2D eigenvalue weighted by Gasteiger charge is -2.41. The molecule has 1 aromatic heterocycles. The van der Waals surface area contributed by atoms with E-state index >= 15 is 0 Å². The summed E-state index contributed by atoms with van der Waals surface area (Å²) in [6.45, 7) is 2.86. The molecule has 1 unspecified atom stereocenters. The number of rotatable bonds is 4. The predicted octanol–water partition coefficient (Wildman–Crippen LogP) is 6.44. The van der Waals surface area contributed by atoms with Crippen molar-refractivity contribution in [1.29, 1.82) is 0 Å². The Morgan fingerprint density at radius 2 is 2.00 bits per heavy atom. The number of nitrogens with zero attached hydrogens (tertiary/aromatic N) is 3. The first-order chi connectivity index (χ1) is 14.8. The van der Waals surface area contributed by atoms with Gasteiger partial charge in [0.05, 0.1) is 16.9 Å². The molecule has 1 saturated heterocycles. The van der Waals surface area contributed by atoms with Crippen molar-refractivity contribution >= 4 is 70.0 Å². The first-order valence-electron chi connectivity index (χ1n) is 10.1. The number of hydrogen-bond acceptors (Lipinski definition) is 6. The fourth-order valence-corrected chi connectivity index (χ4v) is 5.04. The van der Waals surface area contributed by atoms with Gasteiger partial charge >= 0.3 is 6.18 Å². The molecule has 2 aliphatic rings. The second kappa shape index (κ2) is 11.5. The number of halogens is 6. The minimum atomic E-state index is -4.41. The van der Waals surface area contributed by atoms with E-state index in [0.29, 0.717) is 63.8 Å². The van der Waals surface area contributed by atoms with Crippen molar-refractivity contribution in [3.63, 3.8) is 0 Å². The number of benzene rings is 1. The number of piperazine rings is 1. The highest BCUT2D eigenvalue weighted by Crippen LogP contribution is 2.44. The maximum Gasteiger partial charge on any atom is 0.425 e. The predicted molar refractivity (Wildman–Crippen MR) is 134 cm³/mol. The van der Waals surface area contributed by atoms with Gasteiger partial charge in [-0.3, -0.25) is 4.90 Å². The zero-order valence-electron chi connectivity index (χ0n) is 18.1. The summed E-state index contributed by atoms with van der Waals surface area (Å²) < 4.78 is 45.6. The van der Waals surface area contributed by atoms with Crippen LogP contribution in [0.3, 0.4) is 0 Å². The SMILES string of the molecule is COCCCC1CN(C2=Nc3cc(Cl)ccc3Nc3sc(C(F)(F)F)cc32)CCN1C.Cl.Cl. The summed E-state index contributed by atoms with van der Waals surface area (Å²) in [5.41, 5.74) is 1.74. The van der Waals surface area contributed by atoms with Crippen LogP contribution >= 0.6 is 47.8 Å². The topological polar surface area (TPSA) is 40.1 Å². The summed E-state index contributed by atoms with van der Waals surface area (Å²) in [6, 6.07) is 6.66. The molecule has 0 spiro atoms. The normalized spacial score (nSPS) is 18.2. The third-order valence-electron chi connectivity index (χ3n) is 5.65. The van der Waals surface area contributed by atoms with Gasteiger partial charge in [-0.1, -0.05) is 11.6 Å². The van der Waals surface area contributed by atoms with Crippen molar-refractivity contribution in [1.82, 2.24) is 9.80 Å². The standard InChI is InChI=1S/C21H24ClF3N4OS.2ClH/c1-28-7-8-29(12-14(28)4-3-9-30-2)19-15-11-18(21(23,24)25)31-20(15)27-16-6-5-13(22)10-17(16)26-19;;/h5-6,10-11,14,27H,3-4,7-9,12H2,1-2H3;2*1H. The number of aliphatic imine (C=N–C) groups is 1. The molecule has 0 amide bonds. The van der Waals surface area contributed by atoms with Crippen molar-refractivity contribution in [3.05, 3.63) is 39.7 Å². The molecule has 1 atom stereocenters. The van der Waals surface area contributed by atoms with E-state index < -0.39 is 11.1 Å². The van der Waals surface area contributed by atoms with E-state index in [9.17, 15) is 13.2 Å². The molecule has 0 bridgehead atoms. The molecule has 0 saturated carbocycles. The third-order valence-corrected chi connectivity index (χ3v) is 6.98. The number of hydrogen-bond donors (Lipinski definition) is 1. The van der Waals surface area contributed by atoms with Crippen LogP contribution in [0, 0.1) is 0 Å². The van der Waals surface area contributed by atoms with Gasteiger partial charge in [0.15, 0.2) is 0 Å². The van der Waals surface area contributed by atoms with Crippen LogP contribution in [0.2, 0.25) is 5.02 Å². The Kier molecular flexibility index (Phi) is 9.73. The molecule has 184 valence electrons. The smallest absolute Gasteiger partial charge is 0.385 e. The lowest BCUT2D eigenvalue weighted by Crippen LogP contribution is -2.53. The van der Waals surface area contributed by atoms with Crippen molar-refractivity contribution in [2.45, 2.75) is 25.1 Å². The summed E-state index contributed by atoms with van der Waals surface area (Å²) in [5.74, 6) is 0.556. The summed E-state index contributed by atoms with van der Waals surface area (Å²) in [7, 11) is 3.77. The van der Waals surface area contributed by atoms with E-state index in [0.717, 1.165) is 19.4 Å². The maximum absolute atomic E-state index is 13.5. The highest BCUT2D eigenvalue weighted by Gasteiger charge is 2.37. The molecule has 0 radical (unpaired) electrons. The molecule has 12 heteroatoms. The average Bonchev–Trinajstić information content (AvgIpc) is 3.07. The van der Waals surface area contributed by atoms with Crippen LogP contribution in [0.5, 0.6) is 0 Å². The number of methoxy groups -OCH3 is 1. The molecule has 1 N–H and O–H groups in total. The minimum absolute atomic E-state index is 0. The lowest BCUT2D eigenvalue weighted by atomic mass is 10.1. The number of thiophene rings is 1. The molecule has 3 heterocycles. The number of likely N-dealkylation sites (N-methyl/N-ethyl adjacent to an activating group) is 1. The van der Waals surface area contributed by atoms with Gasteiger partial charge in [-0.25, -0.2) is 4.99 Å². The monoisotopic (exact) mass is 544 g/mol. The second-order valence-corrected chi connectivity index (χ2v) is 9.28. The van der Waals surface area contributed by atoms with Gasteiger partial charge in [-0.15, -0.1) is 36.2 Å². The Hall–Kier alpha value is -1.23. The van der Waals surface area contributed by atoms with Gasteiger partial charge in [0.25, 0.3) is 0 Å². The maximum atomic E-state index is 13.5. The summed E-state index contributed by atoms with van der Waals surface area (Å²) in [5, 5.41) is 4.12. The Morgan fingerprint density at radius 3 is 2.70 bits per heavy atom. The molecule has 1 aromatic carbocycles. The molecule has 4 rings (SSSR count). The largest absolute Gasteiger partial charge is 0.425 e. The summed E-state index contributed by atoms with van der Waals surface area (Å²) in [6.07, 6.45) is -2.54. The average molecular weight is 546 g/mol. The number of amidine groups is 1. The summed E-state index contributed by atoms with van der Waals surface area (Å²) >= 11 is 6.88. The van der Waals surface area contributed by atoms with Crippen LogP contribution in [0.15, 0.2) is 29.3 Å². The van der Waals surface area contributed by atoms with Gasteiger partial charge < -0.3 is 15.0 Å². The molecule has 2 aliphatic heterocycles. The first kappa shape index (κ1) is 28.0. The van der Waals surface area contributed by atoms with Crippen LogP contribution in [0.1, 0.15) is 23.3 Å². The van der Waals surface area contributed by atoms with Crippen LogP contribution in [-0.2, 0) is 10.9 Å². The minimum Gasteiger partial charge on any atom is -0.385 e. The Balaban J connectivity index is 0.00000193. The Bertz CT molecular complexity index is 986.